The number of ether oxygens (including phenoxy) is 2. The largest absolute Gasteiger partial charge is 0.480 e. The molecule has 1 saturated carbocycles. The van der Waals surface area contributed by atoms with Crippen LogP contribution in [0.1, 0.15) is 12.0 Å². The Morgan fingerprint density at radius 2 is 2.07 bits per heavy atom. The van der Waals surface area contributed by atoms with Crippen molar-refractivity contribution < 1.29 is 18.7 Å². The summed E-state index contributed by atoms with van der Waals surface area (Å²) in [6.07, 6.45) is 2.51. The monoisotopic (exact) mass is 371 g/mol. The smallest absolute Gasteiger partial charge is 0.319 e. The molecule has 0 radical (unpaired) electrons. The van der Waals surface area contributed by atoms with Crippen LogP contribution in [0.5, 0.6) is 11.9 Å². The van der Waals surface area contributed by atoms with Crippen molar-refractivity contribution in [2.75, 3.05) is 19.5 Å². The Kier molecular flexibility index (Phi) is 4.14. The van der Waals surface area contributed by atoms with Crippen LogP contribution in [0.25, 0.3) is 22.2 Å². The average molecular weight is 371 g/mol. The highest BCUT2D eigenvalue weighted by Gasteiger charge is 2.43. The summed E-state index contributed by atoms with van der Waals surface area (Å²) in [7, 11) is 3.01. The number of H-pyrrole nitrogens is 1. The zero-order valence-corrected chi connectivity index (χ0v) is 15.0. The molecule has 0 saturated heterocycles. The van der Waals surface area contributed by atoms with Crippen molar-refractivity contribution >= 4 is 22.6 Å². The molecule has 2 atom stereocenters. The SMILES string of the molecule is COc1ncc(-c2[nH]c3cc(NC(=O)[C@@H]4C[C@@H]4F)ncc3c2C)c(OC)n1. The van der Waals surface area contributed by atoms with Gasteiger partial charge in [-0.05, 0) is 18.9 Å². The third kappa shape index (κ3) is 3.05. The first-order valence-electron chi connectivity index (χ1n) is 8.40. The number of anilines is 1. The van der Waals surface area contributed by atoms with E-state index in [0.29, 0.717) is 17.3 Å². The first kappa shape index (κ1) is 17.2. The van der Waals surface area contributed by atoms with Crippen molar-refractivity contribution in [3.05, 3.63) is 24.0 Å². The first-order chi connectivity index (χ1) is 13.0. The number of hydrogen-bond acceptors (Lipinski definition) is 6. The minimum absolute atomic E-state index is 0.210. The number of aromatic amines is 1. The summed E-state index contributed by atoms with van der Waals surface area (Å²) < 4.78 is 23.4. The fourth-order valence-electron chi connectivity index (χ4n) is 2.99. The van der Waals surface area contributed by atoms with Gasteiger partial charge in [-0.3, -0.25) is 4.79 Å². The summed E-state index contributed by atoms with van der Waals surface area (Å²) >= 11 is 0. The van der Waals surface area contributed by atoms with E-state index in [0.717, 1.165) is 22.2 Å². The number of alkyl halides is 1. The lowest BCUT2D eigenvalue weighted by molar-refractivity contribution is -0.117. The zero-order chi connectivity index (χ0) is 19.1. The molecule has 27 heavy (non-hydrogen) atoms. The van der Waals surface area contributed by atoms with Crippen LogP contribution in [0.4, 0.5) is 10.2 Å². The van der Waals surface area contributed by atoms with Crippen molar-refractivity contribution in [2.24, 2.45) is 5.92 Å². The number of pyridine rings is 1. The summed E-state index contributed by atoms with van der Waals surface area (Å²) in [4.78, 5) is 27.8. The van der Waals surface area contributed by atoms with Gasteiger partial charge in [0, 0.05) is 23.8 Å². The Hall–Kier alpha value is -3.23. The van der Waals surface area contributed by atoms with Crippen molar-refractivity contribution in [3.8, 4) is 23.1 Å². The lowest BCUT2D eigenvalue weighted by atomic mass is 10.1. The van der Waals surface area contributed by atoms with E-state index in [4.69, 9.17) is 9.47 Å². The van der Waals surface area contributed by atoms with Gasteiger partial charge in [0.2, 0.25) is 11.8 Å². The molecule has 1 amide bonds. The number of amides is 1. The standard InChI is InChI=1S/C18H18FN5O3/c1-8-10-6-20-14(23-16(25)9-4-12(9)19)5-13(10)22-15(8)11-7-21-18(27-3)24-17(11)26-2/h5-7,9,12,22H,4H2,1-3H3,(H,20,23,25)/t9-,12+/m1/s1. The number of carbonyl (C=O) groups excluding carboxylic acids is 1. The lowest BCUT2D eigenvalue weighted by Crippen LogP contribution is -2.15. The van der Waals surface area contributed by atoms with E-state index in [1.54, 1.807) is 18.5 Å². The van der Waals surface area contributed by atoms with Gasteiger partial charge in [-0.25, -0.2) is 14.4 Å². The van der Waals surface area contributed by atoms with Gasteiger partial charge in [-0.15, -0.1) is 0 Å². The van der Waals surface area contributed by atoms with Gasteiger partial charge in [-0.2, -0.15) is 4.98 Å². The fraction of sp³-hybridized carbons (Fsp3) is 0.333. The summed E-state index contributed by atoms with van der Waals surface area (Å²) in [6.45, 7) is 1.94. The normalized spacial score (nSPS) is 18.4. The molecule has 4 rings (SSSR count). The Morgan fingerprint density at radius 3 is 2.74 bits per heavy atom. The predicted octanol–water partition coefficient (Wildman–Crippen LogP) is 2.64. The lowest BCUT2D eigenvalue weighted by Gasteiger charge is -2.07. The molecule has 9 heteroatoms. The highest BCUT2D eigenvalue weighted by atomic mass is 19.1. The van der Waals surface area contributed by atoms with Gasteiger partial charge in [0.05, 0.1) is 36.9 Å². The van der Waals surface area contributed by atoms with Gasteiger partial charge >= 0.3 is 6.01 Å². The highest BCUT2D eigenvalue weighted by Crippen LogP contribution is 2.36. The van der Waals surface area contributed by atoms with E-state index in [-0.39, 0.29) is 18.3 Å². The van der Waals surface area contributed by atoms with Crippen LogP contribution in [0.2, 0.25) is 0 Å². The molecule has 0 aromatic carbocycles. The van der Waals surface area contributed by atoms with E-state index in [1.807, 2.05) is 6.92 Å². The summed E-state index contributed by atoms with van der Waals surface area (Å²) in [5.74, 6) is -0.162. The number of aryl methyl sites for hydroxylation is 1. The number of nitrogens with one attached hydrogen (secondary N) is 2. The van der Waals surface area contributed by atoms with E-state index >= 15 is 0 Å². The first-order valence-corrected chi connectivity index (χ1v) is 8.40. The molecular weight excluding hydrogens is 353 g/mol. The number of methoxy groups -OCH3 is 2. The molecule has 3 heterocycles. The second-order valence-electron chi connectivity index (χ2n) is 6.37. The summed E-state index contributed by atoms with van der Waals surface area (Å²) in [5, 5.41) is 3.54. The number of aromatic nitrogens is 4. The Morgan fingerprint density at radius 1 is 1.30 bits per heavy atom. The summed E-state index contributed by atoms with van der Waals surface area (Å²) in [5.41, 5.74) is 3.17. The van der Waals surface area contributed by atoms with Gasteiger partial charge in [-0.1, -0.05) is 0 Å². The minimum Gasteiger partial charge on any atom is -0.480 e. The van der Waals surface area contributed by atoms with Crippen molar-refractivity contribution in [1.29, 1.82) is 0 Å². The van der Waals surface area contributed by atoms with Gasteiger partial charge in [0.1, 0.15) is 12.0 Å². The number of halogens is 1. The molecule has 3 aromatic rings. The molecule has 2 N–H and O–H groups in total. The van der Waals surface area contributed by atoms with Crippen molar-refractivity contribution in [2.45, 2.75) is 19.5 Å². The molecule has 0 aliphatic heterocycles. The van der Waals surface area contributed by atoms with E-state index in [9.17, 15) is 9.18 Å². The van der Waals surface area contributed by atoms with Crippen LogP contribution >= 0.6 is 0 Å². The maximum Gasteiger partial charge on any atom is 0.319 e. The minimum atomic E-state index is -1.05. The molecular formula is C18H18FN5O3. The van der Waals surface area contributed by atoms with E-state index in [1.165, 1.54) is 14.2 Å². The second-order valence-corrected chi connectivity index (χ2v) is 6.37. The fourth-order valence-corrected chi connectivity index (χ4v) is 2.99. The molecule has 0 unspecified atom stereocenters. The molecule has 3 aromatic heterocycles. The maximum atomic E-state index is 13.0. The van der Waals surface area contributed by atoms with E-state index < -0.39 is 12.1 Å². The Bertz CT molecular complexity index is 1040. The van der Waals surface area contributed by atoms with Crippen LogP contribution in [-0.2, 0) is 4.79 Å². The molecule has 0 bridgehead atoms. The second kappa shape index (κ2) is 6.49. The predicted molar refractivity (Wildman–Crippen MR) is 96.6 cm³/mol. The molecule has 1 aliphatic rings. The van der Waals surface area contributed by atoms with Crippen molar-refractivity contribution in [1.82, 2.24) is 19.9 Å². The quantitative estimate of drug-likeness (QED) is 0.715. The third-order valence-electron chi connectivity index (χ3n) is 4.62. The van der Waals surface area contributed by atoms with E-state index in [2.05, 4.69) is 25.3 Å². The van der Waals surface area contributed by atoms with Crippen molar-refractivity contribution in [3.63, 3.8) is 0 Å². The number of nitrogens with zero attached hydrogens (tertiary/aromatic N) is 3. The topological polar surface area (TPSA) is 102 Å². The zero-order valence-electron chi connectivity index (χ0n) is 15.0. The number of fused-ring (bicyclic) bond motifs is 1. The number of hydrogen-bond donors (Lipinski definition) is 2. The van der Waals surface area contributed by atoms with Crippen LogP contribution < -0.4 is 14.8 Å². The van der Waals surface area contributed by atoms with Crippen LogP contribution in [0, 0.1) is 12.8 Å². The van der Waals surface area contributed by atoms with Crippen LogP contribution in [0.3, 0.4) is 0 Å². The highest BCUT2D eigenvalue weighted by molar-refractivity contribution is 5.97. The van der Waals surface area contributed by atoms with Gasteiger partial charge in [0.25, 0.3) is 0 Å². The molecule has 1 aliphatic carbocycles. The molecule has 8 nitrogen and oxygen atoms in total. The average Bonchev–Trinajstić information content (AvgIpc) is 3.33. The van der Waals surface area contributed by atoms with Crippen LogP contribution in [0.15, 0.2) is 18.5 Å². The Balaban J connectivity index is 1.70. The third-order valence-corrected chi connectivity index (χ3v) is 4.62. The number of rotatable bonds is 5. The van der Waals surface area contributed by atoms with Gasteiger partial charge < -0.3 is 19.8 Å². The van der Waals surface area contributed by atoms with Gasteiger partial charge in [0.15, 0.2) is 0 Å². The van der Waals surface area contributed by atoms with Crippen LogP contribution in [-0.4, -0.2) is 46.2 Å². The molecule has 0 spiro atoms. The summed E-state index contributed by atoms with van der Waals surface area (Å²) in [6, 6.07) is 1.93. The maximum absolute atomic E-state index is 13.0. The Labute approximate surface area is 154 Å². The number of carbonyl (C=O) groups is 1. The molecule has 140 valence electrons. The molecule has 1 fully saturated rings.